The van der Waals surface area contributed by atoms with Crippen LogP contribution in [0.5, 0.6) is 0 Å². The quantitative estimate of drug-likeness (QED) is 0.0471. The minimum atomic E-state index is -4.19. The van der Waals surface area contributed by atoms with E-state index in [1.54, 1.807) is 0 Å². The van der Waals surface area contributed by atoms with E-state index >= 15 is 0 Å². The predicted molar refractivity (Wildman–Crippen MR) is 211 cm³/mol. The Morgan fingerprint density at radius 2 is 0.760 bits per heavy atom. The average Bonchev–Trinajstić information content (AvgIpc) is 3.11. The lowest BCUT2D eigenvalue weighted by atomic mass is 9.92. The molecule has 0 amide bonds. The van der Waals surface area contributed by atoms with Crippen LogP contribution in [0.1, 0.15) is 219 Å². The van der Waals surface area contributed by atoms with Gasteiger partial charge in [0.2, 0.25) is 0 Å². The highest BCUT2D eigenvalue weighted by atomic mass is 32.3. The molecule has 0 spiro atoms. The van der Waals surface area contributed by atoms with Crippen LogP contribution >= 0.6 is 0 Å². The number of Topliss-reactive ketones (excluding diaryl/α,β-unsaturated/α-hetero) is 2. The molecule has 0 unspecified atom stereocenters. The number of unbranched alkanes of at least 4 members (excludes halogenated alkanes) is 28. The van der Waals surface area contributed by atoms with Crippen LogP contribution in [0.3, 0.4) is 0 Å². The summed E-state index contributed by atoms with van der Waals surface area (Å²) in [4.78, 5) is 25.9. The first kappa shape index (κ1) is 51.2. The first-order chi connectivity index (χ1) is 24.3. The fourth-order valence-electron chi connectivity index (χ4n) is 6.25. The van der Waals surface area contributed by atoms with Crippen molar-refractivity contribution in [2.75, 3.05) is 26.9 Å². The Bertz CT molecular complexity index is 774. The van der Waals surface area contributed by atoms with Gasteiger partial charge in [0.05, 0.1) is 20.3 Å². The number of carbonyl (C=O) groups excluding carboxylic acids is 2. The van der Waals surface area contributed by atoms with E-state index in [0.29, 0.717) is 19.4 Å². The highest BCUT2D eigenvalue weighted by Crippen LogP contribution is 2.18. The Hall–Kier alpha value is -0.870. The summed E-state index contributed by atoms with van der Waals surface area (Å²) in [5, 5.41) is 7.75. The van der Waals surface area contributed by atoms with E-state index in [4.69, 9.17) is 15.0 Å². The van der Waals surface area contributed by atoms with Crippen LogP contribution in [0.2, 0.25) is 0 Å². The Labute approximate surface area is 310 Å². The molecule has 0 fully saturated rings. The maximum Gasteiger partial charge on any atom is 0.399 e. The van der Waals surface area contributed by atoms with E-state index in [1.807, 2.05) is 0 Å². The number of ketones is 2. The maximum absolute atomic E-state index is 12.9. The first-order valence-corrected chi connectivity index (χ1v) is 22.4. The lowest BCUT2D eigenvalue weighted by molar-refractivity contribution is -0.134. The number of aliphatic hydroxyl groups is 1. The standard InChI is InChI=1S/C39H76O6S.C2H7NO/c1-4-6-8-10-12-14-16-18-20-22-24-26-28-30-32-34-38(40)37(36-45-46(42,43)44-3)39(41)35-33-31-29-27-25-23-21-19-17-15-13-11-9-7-5-2;3-1-2-4/h37H,4-36H2,1-3H3;4H,1-3H2. The summed E-state index contributed by atoms with van der Waals surface area (Å²) in [5.74, 6) is -1.43. The first-order valence-electron chi connectivity index (χ1n) is 21.1. The van der Waals surface area contributed by atoms with Crippen LogP contribution in [-0.4, -0.2) is 52.0 Å². The van der Waals surface area contributed by atoms with Crippen LogP contribution in [0.15, 0.2) is 0 Å². The summed E-state index contributed by atoms with van der Waals surface area (Å²) in [6, 6.07) is 0. The molecule has 0 saturated heterocycles. The molecule has 0 aliphatic heterocycles. The Morgan fingerprint density at radius 3 is 0.980 bits per heavy atom. The number of rotatable bonds is 39. The smallest absolute Gasteiger partial charge is 0.395 e. The van der Waals surface area contributed by atoms with E-state index in [9.17, 15) is 18.0 Å². The van der Waals surface area contributed by atoms with Crippen molar-refractivity contribution in [1.82, 2.24) is 0 Å². The Balaban J connectivity index is 0. The van der Waals surface area contributed by atoms with Crippen LogP contribution in [0.4, 0.5) is 0 Å². The summed E-state index contributed by atoms with van der Waals surface area (Å²) < 4.78 is 32.6. The normalized spacial score (nSPS) is 11.6. The molecule has 0 saturated carbocycles. The summed E-state index contributed by atoms with van der Waals surface area (Å²) in [7, 11) is -3.17. The molecule has 0 bridgehead atoms. The van der Waals surface area contributed by atoms with Crippen molar-refractivity contribution in [3.05, 3.63) is 0 Å². The number of carbonyl (C=O) groups is 2. The second-order valence-electron chi connectivity index (χ2n) is 14.3. The molecule has 300 valence electrons. The van der Waals surface area contributed by atoms with Gasteiger partial charge in [-0.05, 0) is 12.8 Å². The van der Waals surface area contributed by atoms with Gasteiger partial charge in [0.1, 0.15) is 17.5 Å². The van der Waals surface area contributed by atoms with Crippen LogP contribution in [0, 0.1) is 5.92 Å². The van der Waals surface area contributed by atoms with Crippen molar-refractivity contribution in [3.8, 4) is 0 Å². The van der Waals surface area contributed by atoms with Gasteiger partial charge < -0.3 is 10.8 Å². The largest absolute Gasteiger partial charge is 0.399 e. The molecule has 0 atom stereocenters. The molecule has 0 aromatic carbocycles. The highest BCUT2D eigenvalue weighted by Gasteiger charge is 2.28. The molecule has 0 aliphatic rings. The molecule has 0 aliphatic carbocycles. The van der Waals surface area contributed by atoms with E-state index in [1.165, 1.54) is 154 Å². The van der Waals surface area contributed by atoms with Crippen LogP contribution in [0.25, 0.3) is 0 Å². The second-order valence-corrected chi connectivity index (χ2v) is 15.6. The van der Waals surface area contributed by atoms with Gasteiger partial charge in [0.15, 0.2) is 0 Å². The van der Waals surface area contributed by atoms with Crippen LogP contribution in [-0.2, 0) is 28.4 Å². The van der Waals surface area contributed by atoms with E-state index < -0.39 is 22.9 Å². The molecular formula is C41H83NO7S. The lowest BCUT2D eigenvalue weighted by Gasteiger charge is -2.15. The molecule has 0 heterocycles. The fraction of sp³-hybridized carbons (Fsp3) is 0.951. The van der Waals surface area contributed by atoms with Crippen molar-refractivity contribution in [2.45, 2.75) is 219 Å². The topological polar surface area (TPSA) is 133 Å². The molecule has 0 aromatic heterocycles. The van der Waals surface area contributed by atoms with Gasteiger partial charge in [-0.3, -0.25) is 13.8 Å². The van der Waals surface area contributed by atoms with Crippen molar-refractivity contribution in [2.24, 2.45) is 11.7 Å². The zero-order valence-corrected chi connectivity index (χ0v) is 34.0. The SMILES string of the molecule is CCCCCCCCCCCCCCCCCC(=O)C(COS(=O)(=O)OC)C(=O)CCCCCCCCCCCCCCCCC.NCCO. The molecular weight excluding hydrogens is 651 g/mol. The van der Waals surface area contributed by atoms with Gasteiger partial charge in [0, 0.05) is 19.4 Å². The zero-order valence-electron chi connectivity index (χ0n) is 33.2. The monoisotopic (exact) mass is 734 g/mol. The number of hydrogen-bond acceptors (Lipinski definition) is 8. The van der Waals surface area contributed by atoms with E-state index in [2.05, 4.69) is 18.0 Å². The molecule has 50 heavy (non-hydrogen) atoms. The molecule has 0 rings (SSSR count). The summed E-state index contributed by atoms with van der Waals surface area (Å²) in [5.41, 5.74) is 4.78. The lowest BCUT2D eigenvalue weighted by Crippen LogP contribution is -2.30. The van der Waals surface area contributed by atoms with Gasteiger partial charge in [-0.25, -0.2) is 4.18 Å². The number of aliphatic hydroxyl groups excluding tert-OH is 1. The predicted octanol–water partition coefficient (Wildman–Crippen LogP) is 11.1. The van der Waals surface area contributed by atoms with Crippen LogP contribution < -0.4 is 5.73 Å². The third kappa shape index (κ3) is 38.4. The Morgan fingerprint density at radius 1 is 0.520 bits per heavy atom. The van der Waals surface area contributed by atoms with Crippen molar-refractivity contribution >= 4 is 22.0 Å². The average molecular weight is 734 g/mol. The highest BCUT2D eigenvalue weighted by molar-refractivity contribution is 7.81. The maximum atomic E-state index is 12.9. The number of hydrogen-bond donors (Lipinski definition) is 2. The van der Waals surface area contributed by atoms with Gasteiger partial charge in [-0.15, -0.1) is 0 Å². The summed E-state index contributed by atoms with van der Waals surface area (Å²) in [6.45, 7) is 4.54. The van der Waals surface area contributed by atoms with E-state index in [0.717, 1.165) is 45.6 Å². The van der Waals surface area contributed by atoms with Gasteiger partial charge in [0.25, 0.3) is 0 Å². The molecule has 9 heteroatoms. The minimum Gasteiger partial charge on any atom is -0.395 e. The molecule has 0 radical (unpaired) electrons. The second kappa shape index (κ2) is 40.9. The fourth-order valence-corrected chi connectivity index (χ4v) is 6.65. The van der Waals surface area contributed by atoms with E-state index in [-0.39, 0.29) is 18.2 Å². The van der Waals surface area contributed by atoms with Gasteiger partial charge in [-0.1, -0.05) is 194 Å². The van der Waals surface area contributed by atoms with Crippen molar-refractivity contribution in [3.63, 3.8) is 0 Å². The van der Waals surface area contributed by atoms with Gasteiger partial charge in [-0.2, -0.15) is 8.42 Å². The molecule has 8 nitrogen and oxygen atoms in total. The third-order valence-corrected chi connectivity index (χ3v) is 10.4. The van der Waals surface area contributed by atoms with Crippen molar-refractivity contribution < 1.29 is 31.5 Å². The number of nitrogens with two attached hydrogens (primary N) is 1. The van der Waals surface area contributed by atoms with Crippen molar-refractivity contribution in [1.29, 1.82) is 0 Å². The summed E-state index contributed by atoms with van der Waals surface area (Å²) in [6.07, 6.45) is 38.1. The third-order valence-electron chi connectivity index (χ3n) is 9.54. The Kier molecular flexibility index (Phi) is 41.9. The summed E-state index contributed by atoms with van der Waals surface area (Å²) >= 11 is 0. The molecule has 0 aromatic rings. The van der Waals surface area contributed by atoms with Gasteiger partial charge >= 0.3 is 10.4 Å². The minimum absolute atomic E-state index is 0.0972. The zero-order chi connectivity index (χ0) is 37.4. The molecule has 3 N–H and O–H groups in total.